The summed E-state index contributed by atoms with van der Waals surface area (Å²) >= 11 is 5.85. The third-order valence-electron chi connectivity index (χ3n) is 3.95. The smallest absolute Gasteiger partial charge is 0.338 e. The van der Waals surface area contributed by atoms with E-state index in [1.807, 2.05) is 6.92 Å². The lowest BCUT2D eigenvalue weighted by Crippen LogP contribution is -2.02. The van der Waals surface area contributed by atoms with E-state index in [2.05, 4.69) is 11.6 Å². The van der Waals surface area contributed by atoms with E-state index < -0.39 is 11.8 Å². The van der Waals surface area contributed by atoms with Gasteiger partial charge in [0.25, 0.3) is 0 Å². The molecule has 0 amide bonds. The van der Waals surface area contributed by atoms with Gasteiger partial charge in [-0.3, -0.25) is 4.99 Å². The minimum absolute atomic E-state index is 0.294. The number of carboxylic acids is 1. The average molecular weight is 348 g/mol. The molecule has 126 valence electrons. The summed E-state index contributed by atoms with van der Waals surface area (Å²) in [5.41, 5.74) is 3.68. The molecule has 0 saturated heterocycles. The zero-order valence-corrected chi connectivity index (χ0v) is 14.2. The maximum absolute atomic E-state index is 13.6. The third-order valence-corrected chi connectivity index (χ3v) is 4.20. The fourth-order valence-corrected chi connectivity index (χ4v) is 2.85. The zero-order valence-electron chi connectivity index (χ0n) is 13.5. The van der Waals surface area contributed by atoms with Crippen molar-refractivity contribution in [3.05, 3.63) is 64.6 Å². The molecule has 0 fully saturated rings. The van der Waals surface area contributed by atoms with Crippen molar-refractivity contribution in [2.24, 2.45) is 4.99 Å². The number of nitrogens with zero attached hydrogens (tertiary/aromatic N) is 1. The van der Waals surface area contributed by atoms with Gasteiger partial charge in [0, 0.05) is 18.3 Å². The van der Waals surface area contributed by atoms with Crippen LogP contribution < -0.4 is 0 Å². The summed E-state index contributed by atoms with van der Waals surface area (Å²) in [4.78, 5) is 15.4. The Balaban J connectivity index is 2.31. The molecule has 1 aromatic rings. The first-order valence-electron chi connectivity index (χ1n) is 7.68. The summed E-state index contributed by atoms with van der Waals surface area (Å²) in [7, 11) is 0. The lowest BCUT2D eigenvalue weighted by Gasteiger charge is -2.09. The number of allylic oxidation sites excluding steroid dienone is 4. The van der Waals surface area contributed by atoms with Crippen molar-refractivity contribution < 1.29 is 14.3 Å². The van der Waals surface area contributed by atoms with E-state index in [0.29, 0.717) is 11.5 Å². The molecule has 0 bridgehead atoms. The van der Waals surface area contributed by atoms with Crippen molar-refractivity contribution in [2.75, 3.05) is 0 Å². The first-order chi connectivity index (χ1) is 11.4. The van der Waals surface area contributed by atoms with Crippen LogP contribution in [0.1, 0.15) is 48.5 Å². The maximum Gasteiger partial charge on any atom is 0.338 e. The molecule has 0 aromatic heterocycles. The molecular weight excluding hydrogens is 329 g/mol. The van der Waals surface area contributed by atoms with Gasteiger partial charge in [0.05, 0.1) is 10.6 Å². The molecule has 1 aliphatic carbocycles. The number of aromatic carboxylic acids is 1. The SMILES string of the molecule is C=C/C(Cl)=C\N=C(C)CC1=C(c2ccc(F)c(C(=O)O)c2)CCC1. The summed E-state index contributed by atoms with van der Waals surface area (Å²) in [6, 6.07) is 4.28. The van der Waals surface area contributed by atoms with Gasteiger partial charge in [-0.2, -0.15) is 0 Å². The maximum atomic E-state index is 13.6. The topological polar surface area (TPSA) is 49.7 Å². The molecule has 0 saturated carbocycles. The summed E-state index contributed by atoms with van der Waals surface area (Å²) in [5, 5.41) is 9.56. The largest absolute Gasteiger partial charge is 0.478 e. The predicted octanol–water partition coefficient (Wildman–Crippen LogP) is 5.58. The summed E-state index contributed by atoms with van der Waals surface area (Å²) in [6.07, 6.45) is 6.55. The Hall–Kier alpha value is -2.20. The molecule has 0 spiro atoms. The highest BCUT2D eigenvalue weighted by Gasteiger charge is 2.19. The summed E-state index contributed by atoms with van der Waals surface area (Å²) in [5.74, 6) is -1.97. The van der Waals surface area contributed by atoms with E-state index in [4.69, 9.17) is 16.7 Å². The van der Waals surface area contributed by atoms with E-state index >= 15 is 0 Å². The van der Waals surface area contributed by atoms with Crippen LogP contribution in [0.2, 0.25) is 0 Å². The second kappa shape index (κ2) is 8.06. The number of carbonyl (C=O) groups is 1. The van der Waals surface area contributed by atoms with E-state index in [0.717, 1.165) is 36.1 Å². The highest BCUT2D eigenvalue weighted by molar-refractivity contribution is 6.31. The first kappa shape index (κ1) is 18.1. The number of aliphatic imine (C=N–C) groups is 1. The van der Waals surface area contributed by atoms with Crippen LogP contribution in [0.15, 0.2) is 52.7 Å². The number of hydrogen-bond acceptors (Lipinski definition) is 2. The fraction of sp³-hybridized carbons (Fsp3) is 0.263. The van der Waals surface area contributed by atoms with Crippen molar-refractivity contribution in [2.45, 2.75) is 32.6 Å². The summed E-state index contributed by atoms with van der Waals surface area (Å²) in [6.45, 7) is 5.48. The Morgan fingerprint density at radius 2 is 2.21 bits per heavy atom. The Kier molecular flexibility index (Phi) is 6.10. The molecule has 0 radical (unpaired) electrons. The van der Waals surface area contributed by atoms with Gasteiger partial charge in [0.1, 0.15) is 5.82 Å². The van der Waals surface area contributed by atoms with Gasteiger partial charge in [-0.15, -0.1) is 0 Å². The van der Waals surface area contributed by atoms with E-state index in [1.165, 1.54) is 23.8 Å². The standard InChI is InChI=1S/C19H19ClFNO2/c1-3-15(20)11-22-12(2)9-13-5-4-6-16(13)14-7-8-18(21)17(10-14)19(23)24/h3,7-8,10-11H,1,4-6,9H2,2H3,(H,23,24)/b15-11+,22-12?. The van der Waals surface area contributed by atoms with Crippen LogP contribution in [-0.4, -0.2) is 16.8 Å². The van der Waals surface area contributed by atoms with Gasteiger partial charge < -0.3 is 5.11 Å². The monoisotopic (exact) mass is 347 g/mol. The molecule has 0 aliphatic heterocycles. The second-order valence-electron chi connectivity index (χ2n) is 5.69. The van der Waals surface area contributed by atoms with Crippen molar-refractivity contribution in [1.82, 2.24) is 0 Å². The molecule has 0 heterocycles. The Labute approximate surface area is 145 Å². The number of hydrogen-bond donors (Lipinski definition) is 1. The molecule has 5 heteroatoms. The van der Waals surface area contributed by atoms with E-state index in [1.54, 1.807) is 12.3 Å². The molecule has 3 nitrogen and oxygen atoms in total. The van der Waals surface area contributed by atoms with Gasteiger partial charge in [-0.25, -0.2) is 9.18 Å². The van der Waals surface area contributed by atoms with Gasteiger partial charge in [-0.1, -0.05) is 29.8 Å². The van der Waals surface area contributed by atoms with Crippen molar-refractivity contribution in [3.8, 4) is 0 Å². The first-order valence-corrected chi connectivity index (χ1v) is 8.05. The quantitative estimate of drug-likeness (QED) is 0.539. The number of benzene rings is 1. The van der Waals surface area contributed by atoms with Crippen LogP contribution in [0.4, 0.5) is 4.39 Å². The molecule has 1 aliphatic rings. The Bertz CT molecular complexity index is 763. The number of rotatable bonds is 6. The Morgan fingerprint density at radius 3 is 2.88 bits per heavy atom. The van der Waals surface area contributed by atoms with Crippen LogP contribution in [0, 0.1) is 5.82 Å². The lowest BCUT2D eigenvalue weighted by molar-refractivity contribution is 0.0692. The van der Waals surface area contributed by atoms with Crippen LogP contribution in [-0.2, 0) is 0 Å². The van der Waals surface area contributed by atoms with Crippen LogP contribution in [0.5, 0.6) is 0 Å². The number of carboxylic acid groups (broad SMARTS) is 1. The van der Waals surface area contributed by atoms with Gasteiger partial charge in [0.15, 0.2) is 0 Å². The number of halogens is 2. The highest BCUT2D eigenvalue weighted by atomic mass is 35.5. The van der Waals surface area contributed by atoms with E-state index in [-0.39, 0.29) is 5.56 Å². The highest BCUT2D eigenvalue weighted by Crippen LogP contribution is 2.36. The summed E-state index contributed by atoms with van der Waals surface area (Å²) < 4.78 is 13.6. The van der Waals surface area contributed by atoms with Crippen molar-refractivity contribution in [1.29, 1.82) is 0 Å². The van der Waals surface area contributed by atoms with Crippen molar-refractivity contribution >= 4 is 28.9 Å². The molecule has 0 unspecified atom stereocenters. The van der Waals surface area contributed by atoms with Crippen molar-refractivity contribution in [3.63, 3.8) is 0 Å². The molecule has 24 heavy (non-hydrogen) atoms. The van der Waals surface area contributed by atoms with Gasteiger partial charge >= 0.3 is 5.97 Å². The molecule has 1 aromatic carbocycles. The van der Waals surface area contributed by atoms with E-state index in [9.17, 15) is 9.18 Å². The van der Waals surface area contributed by atoms with Crippen LogP contribution >= 0.6 is 11.6 Å². The Morgan fingerprint density at radius 1 is 1.46 bits per heavy atom. The predicted molar refractivity (Wildman–Crippen MR) is 96.0 cm³/mol. The van der Waals surface area contributed by atoms with Gasteiger partial charge in [-0.05, 0) is 55.5 Å². The normalized spacial score (nSPS) is 15.8. The molecule has 2 rings (SSSR count). The van der Waals surface area contributed by atoms with Crippen LogP contribution in [0.3, 0.4) is 0 Å². The average Bonchev–Trinajstić information content (AvgIpc) is 3.00. The lowest BCUT2D eigenvalue weighted by atomic mass is 9.97. The fourth-order valence-electron chi connectivity index (χ4n) is 2.81. The zero-order chi connectivity index (χ0) is 17.7. The van der Waals surface area contributed by atoms with Crippen LogP contribution in [0.25, 0.3) is 5.57 Å². The van der Waals surface area contributed by atoms with Gasteiger partial charge in [0.2, 0.25) is 0 Å². The molecule has 0 atom stereocenters. The molecule has 1 N–H and O–H groups in total. The minimum atomic E-state index is -1.25. The minimum Gasteiger partial charge on any atom is -0.478 e. The molecular formula is C19H19ClFNO2. The second-order valence-corrected chi connectivity index (χ2v) is 6.13. The third kappa shape index (κ3) is 4.42.